The minimum atomic E-state index is -0.926. The molecule has 8 nitrogen and oxygen atoms in total. The second-order valence-electron chi connectivity index (χ2n) is 13.1. The van der Waals surface area contributed by atoms with Gasteiger partial charge < -0.3 is 19.3 Å². The van der Waals surface area contributed by atoms with E-state index < -0.39 is 17.0 Å². The lowest BCUT2D eigenvalue weighted by molar-refractivity contribution is -0.151. The molecule has 4 aliphatic rings. The molecule has 8 rings (SSSR count). The van der Waals surface area contributed by atoms with Crippen molar-refractivity contribution in [2.75, 3.05) is 19.8 Å². The molecule has 8 heteroatoms. The van der Waals surface area contributed by atoms with Gasteiger partial charge in [0.25, 0.3) is 0 Å². The lowest BCUT2D eigenvalue weighted by Crippen LogP contribution is -2.53. The largest absolute Gasteiger partial charge is 0.493 e. The molecule has 2 aliphatic heterocycles. The van der Waals surface area contributed by atoms with Gasteiger partial charge in [0.15, 0.2) is 0 Å². The number of carbonyl (C=O) groups excluding carboxylic acids is 1. The molecule has 0 amide bonds. The van der Waals surface area contributed by atoms with Gasteiger partial charge in [0.1, 0.15) is 22.6 Å². The van der Waals surface area contributed by atoms with Crippen LogP contribution < -0.4 is 20.1 Å². The van der Waals surface area contributed by atoms with Crippen LogP contribution in [-0.2, 0) is 65.9 Å². The fourth-order valence-corrected chi connectivity index (χ4v) is 7.57. The summed E-state index contributed by atoms with van der Waals surface area (Å²) < 4.78 is 16.9. The van der Waals surface area contributed by atoms with Gasteiger partial charge in [-0.25, -0.2) is 0 Å². The summed E-state index contributed by atoms with van der Waals surface area (Å²) in [6, 6.07) is 28.6. The molecule has 0 unspecified atom stereocenters. The number of nitrogens with one attached hydrogen (secondary N) is 2. The average Bonchev–Trinajstić information content (AvgIpc) is 3.91. The van der Waals surface area contributed by atoms with Crippen molar-refractivity contribution < 1.29 is 28.9 Å². The van der Waals surface area contributed by atoms with Crippen LogP contribution in [0.5, 0.6) is 11.5 Å². The van der Waals surface area contributed by atoms with Gasteiger partial charge in [-0.05, 0) is 40.3 Å². The standard InChI is InChI=1S/C21H23NO3.C19H19NO3/c1-2-24-20(23)21(12-16-6-3-4-7-17(16)13-21)22-14-18-9-5-8-15-10-11-25-19(15)18;21-18(22)19(10-14-4-1-2-5-15(14)11-19)20-12-16-7-3-6-13-8-9-23-17(13)16/h3-9,22H,2,10-14H2,1H3;1-7,20H,8-12H2,(H,21,22). The molecule has 4 aromatic carbocycles. The highest BCUT2D eigenvalue weighted by molar-refractivity contribution is 5.83. The summed E-state index contributed by atoms with van der Waals surface area (Å²) in [6.45, 7) is 4.79. The zero-order valence-electron chi connectivity index (χ0n) is 27.3. The zero-order valence-corrected chi connectivity index (χ0v) is 27.3. The Labute approximate surface area is 281 Å². The van der Waals surface area contributed by atoms with Gasteiger partial charge in [0, 0.05) is 62.7 Å². The van der Waals surface area contributed by atoms with Gasteiger partial charge in [-0.1, -0.05) is 84.9 Å². The van der Waals surface area contributed by atoms with Crippen LogP contribution in [0.1, 0.15) is 51.4 Å². The summed E-state index contributed by atoms with van der Waals surface area (Å²) in [6.07, 6.45) is 4.26. The lowest BCUT2D eigenvalue weighted by atomic mass is 9.95. The number of hydrogen-bond donors (Lipinski definition) is 3. The van der Waals surface area contributed by atoms with Gasteiger partial charge in [-0.3, -0.25) is 20.2 Å². The van der Waals surface area contributed by atoms with Crippen molar-refractivity contribution in [2.45, 2.75) is 69.6 Å². The maximum atomic E-state index is 12.8. The topological polar surface area (TPSA) is 106 Å². The van der Waals surface area contributed by atoms with Crippen molar-refractivity contribution in [3.63, 3.8) is 0 Å². The van der Waals surface area contributed by atoms with E-state index in [1.807, 2.05) is 55.5 Å². The number of carboxylic acid groups (broad SMARTS) is 1. The molecule has 0 bridgehead atoms. The number of esters is 1. The third-order valence-electron chi connectivity index (χ3n) is 10.1. The predicted molar refractivity (Wildman–Crippen MR) is 182 cm³/mol. The lowest BCUT2D eigenvalue weighted by Gasteiger charge is -2.28. The molecular formula is C40H42N2O6. The summed E-state index contributed by atoms with van der Waals surface area (Å²) >= 11 is 0. The summed E-state index contributed by atoms with van der Waals surface area (Å²) in [5, 5.41) is 16.6. The first-order chi connectivity index (χ1) is 23.4. The molecule has 0 aromatic heterocycles. The van der Waals surface area contributed by atoms with Gasteiger partial charge >= 0.3 is 11.9 Å². The number of carboxylic acids is 1. The molecule has 0 radical (unpaired) electrons. The molecule has 48 heavy (non-hydrogen) atoms. The number of para-hydroxylation sites is 2. The van der Waals surface area contributed by atoms with Crippen LogP contribution in [0.15, 0.2) is 84.9 Å². The van der Waals surface area contributed by atoms with E-state index in [1.165, 1.54) is 22.3 Å². The highest BCUT2D eigenvalue weighted by atomic mass is 16.5. The van der Waals surface area contributed by atoms with Crippen LogP contribution >= 0.6 is 0 Å². The van der Waals surface area contributed by atoms with Crippen molar-refractivity contribution in [2.24, 2.45) is 0 Å². The molecule has 0 saturated carbocycles. The monoisotopic (exact) mass is 646 g/mol. The van der Waals surface area contributed by atoms with Crippen molar-refractivity contribution in [3.05, 3.63) is 129 Å². The molecule has 4 aromatic rings. The van der Waals surface area contributed by atoms with Crippen molar-refractivity contribution in [1.82, 2.24) is 10.6 Å². The SMILES string of the molecule is CCOC(=O)C1(NCc2cccc3c2OCC3)Cc2ccccc2C1.O=C(O)C1(NCc2cccc3c2OCC3)Cc2ccccc2C1. The van der Waals surface area contributed by atoms with Crippen molar-refractivity contribution >= 4 is 11.9 Å². The molecular weight excluding hydrogens is 604 g/mol. The maximum absolute atomic E-state index is 12.8. The van der Waals surface area contributed by atoms with Crippen LogP contribution in [0.4, 0.5) is 0 Å². The van der Waals surface area contributed by atoms with Gasteiger partial charge in [-0.15, -0.1) is 0 Å². The van der Waals surface area contributed by atoms with Gasteiger partial charge in [0.2, 0.25) is 0 Å². The summed E-state index contributed by atoms with van der Waals surface area (Å²) in [5.74, 6) is 0.947. The Morgan fingerprint density at radius 2 is 1.06 bits per heavy atom. The molecule has 248 valence electrons. The number of hydrogen-bond acceptors (Lipinski definition) is 7. The first kappa shape index (κ1) is 31.9. The van der Waals surface area contributed by atoms with E-state index in [0.29, 0.717) is 52.0 Å². The number of fused-ring (bicyclic) bond motifs is 4. The number of carbonyl (C=O) groups is 2. The third-order valence-corrected chi connectivity index (χ3v) is 10.1. The van der Waals surface area contributed by atoms with Crippen LogP contribution in [0.3, 0.4) is 0 Å². The fourth-order valence-electron chi connectivity index (χ4n) is 7.57. The van der Waals surface area contributed by atoms with Crippen LogP contribution in [0.25, 0.3) is 0 Å². The Morgan fingerprint density at radius 3 is 1.50 bits per heavy atom. The number of benzene rings is 4. The normalized spacial score (nSPS) is 17.1. The molecule has 2 heterocycles. The smallest absolute Gasteiger partial charge is 0.327 e. The summed E-state index contributed by atoms with van der Waals surface area (Å²) in [7, 11) is 0. The van der Waals surface area contributed by atoms with Crippen molar-refractivity contribution in [1.29, 1.82) is 0 Å². The first-order valence-electron chi connectivity index (χ1n) is 16.9. The Kier molecular flexibility index (Phi) is 8.94. The Hall–Kier alpha value is -4.66. The molecule has 0 fully saturated rings. The summed E-state index contributed by atoms with van der Waals surface area (Å²) in [5.41, 5.74) is 7.67. The van der Waals surface area contributed by atoms with E-state index in [0.717, 1.165) is 53.2 Å². The van der Waals surface area contributed by atoms with Gasteiger partial charge in [-0.2, -0.15) is 0 Å². The fraction of sp³-hybridized carbons (Fsp3) is 0.350. The van der Waals surface area contributed by atoms with Crippen LogP contribution in [0, 0.1) is 0 Å². The quantitative estimate of drug-likeness (QED) is 0.215. The summed E-state index contributed by atoms with van der Waals surface area (Å²) in [4.78, 5) is 24.7. The van der Waals surface area contributed by atoms with Gasteiger partial charge in [0.05, 0.1) is 19.8 Å². The second kappa shape index (κ2) is 13.5. The predicted octanol–water partition coefficient (Wildman–Crippen LogP) is 5.15. The highest BCUT2D eigenvalue weighted by Crippen LogP contribution is 2.35. The van der Waals surface area contributed by atoms with E-state index >= 15 is 0 Å². The third kappa shape index (κ3) is 6.18. The zero-order chi connectivity index (χ0) is 33.1. The Bertz CT molecular complexity index is 1780. The molecule has 0 saturated heterocycles. The van der Waals surface area contributed by atoms with E-state index in [2.05, 4.69) is 47.0 Å². The highest BCUT2D eigenvalue weighted by Gasteiger charge is 2.45. The number of rotatable bonds is 9. The van der Waals surface area contributed by atoms with E-state index in [1.54, 1.807) is 0 Å². The average molecular weight is 647 g/mol. The van der Waals surface area contributed by atoms with Crippen LogP contribution in [0.2, 0.25) is 0 Å². The van der Waals surface area contributed by atoms with Crippen LogP contribution in [-0.4, -0.2) is 47.9 Å². The Morgan fingerprint density at radius 1 is 0.646 bits per heavy atom. The minimum Gasteiger partial charge on any atom is -0.493 e. The minimum absolute atomic E-state index is 0.167. The molecule has 0 atom stereocenters. The number of ether oxygens (including phenoxy) is 3. The van der Waals surface area contributed by atoms with Crippen molar-refractivity contribution in [3.8, 4) is 11.5 Å². The maximum Gasteiger partial charge on any atom is 0.327 e. The molecule has 0 spiro atoms. The van der Waals surface area contributed by atoms with E-state index in [4.69, 9.17) is 14.2 Å². The molecule has 2 aliphatic carbocycles. The van der Waals surface area contributed by atoms with E-state index in [-0.39, 0.29) is 5.97 Å². The van der Waals surface area contributed by atoms with E-state index in [9.17, 15) is 14.7 Å². The number of aliphatic carboxylic acids is 1. The Balaban J connectivity index is 0.000000152. The second-order valence-corrected chi connectivity index (χ2v) is 13.1. The first-order valence-corrected chi connectivity index (χ1v) is 16.9. The molecule has 3 N–H and O–H groups in total.